The molecule has 0 radical (unpaired) electrons. The maximum absolute atomic E-state index is 12.4. The zero-order chi connectivity index (χ0) is 16.9. The van der Waals surface area contributed by atoms with Crippen LogP contribution in [-0.4, -0.2) is 41.7 Å². The Bertz CT molecular complexity index is 673. The van der Waals surface area contributed by atoms with Crippen molar-refractivity contribution in [3.05, 3.63) is 54.4 Å². The van der Waals surface area contributed by atoms with Gasteiger partial charge in [0.1, 0.15) is 0 Å². The third-order valence-corrected chi connectivity index (χ3v) is 4.29. The lowest BCUT2D eigenvalue weighted by atomic mass is 10.0. The van der Waals surface area contributed by atoms with Gasteiger partial charge in [-0.25, -0.2) is 4.79 Å². The molecule has 2 aromatic rings. The number of aromatic nitrogens is 1. The third kappa shape index (κ3) is 3.92. The first-order valence-corrected chi connectivity index (χ1v) is 8.31. The number of nitrogens with zero attached hydrogens (tertiary/aromatic N) is 2. The van der Waals surface area contributed by atoms with Crippen LogP contribution in [0.25, 0.3) is 11.1 Å². The number of benzene rings is 1. The van der Waals surface area contributed by atoms with Gasteiger partial charge in [0, 0.05) is 25.5 Å². The van der Waals surface area contributed by atoms with Crippen molar-refractivity contribution in [1.29, 1.82) is 0 Å². The van der Waals surface area contributed by atoms with Crippen molar-refractivity contribution in [3.8, 4) is 11.1 Å². The fourth-order valence-electron chi connectivity index (χ4n) is 2.87. The van der Waals surface area contributed by atoms with Crippen LogP contribution in [0, 0.1) is 0 Å². The Kier molecular flexibility index (Phi) is 5.11. The highest BCUT2D eigenvalue weighted by molar-refractivity contribution is 5.75. The molecule has 3 rings (SSSR count). The SMILES string of the molecule is C[C@@H]1CN(C(=O)N[C@@H](C)c2ccc(-c3ccncc3)cc2)CCO1. The molecule has 2 heterocycles. The molecule has 1 fully saturated rings. The van der Waals surface area contributed by atoms with Crippen LogP contribution in [0.1, 0.15) is 25.5 Å². The van der Waals surface area contributed by atoms with Gasteiger partial charge in [0.2, 0.25) is 0 Å². The van der Waals surface area contributed by atoms with E-state index in [2.05, 4.69) is 34.6 Å². The van der Waals surface area contributed by atoms with Crippen LogP contribution in [0.15, 0.2) is 48.8 Å². The molecule has 1 saturated heterocycles. The van der Waals surface area contributed by atoms with E-state index in [9.17, 15) is 4.79 Å². The largest absolute Gasteiger partial charge is 0.375 e. The molecule has 126 valence electrons. The molecule has 1 aromatic heterocycles. The van der Waals surface area contributed by atoms with E-state index in [1.807, 2.05) is 30.9 Å². The fraction of sp³-hybridized carbons (Fsp3) is 0.368. The maximum Gasteiger partial charge on any atom is 0.318 e. The number of hydrogen-bond acceptors (Lipinski definition) is 3. The first kappa shape index (κ1) is 16.5. The molecule has 1 aliphatic rings. The lowest BCUT2D eigenvalue weighted by molar-refractivity contribution is -0.00380. The second kappa shape index (κ2) is 7.45. The van der Waals surface area contributed by atoms with Crippen LogP contribution >= 0.6 is 0 Å². The smallest absolute Gasteiger partial charge is 0.318 e. The van der Waals surface area contributed by atoms with E-state index in [-0.39, 0.29) is 18.2 Å². The van der Waals surface area contributed by atoms with Crippen molar-refractivity contribution in [1.82, 2.24) is 15.2 Å². The molecule has 5 nitrogen and oxygen atoms in total. The lowest BCUT2D eigenvalue weighted by Crippen LogP contribution is -2.49. The van der Waals surface area contributed by atoms with Gasteiger partial charge in [-0.3, -0.25) is 4.98 Å². The van der Waals surface area contributed by atoms with Gasteiger partial charge in [-0.05, 0) is 42.7 Å². The summed E-state index contributed by atoms with van der Waals surface area (Å²) in [6.07, 6.45) is 3.67. The number of urea groups is 1. The van der Waals surface area contributed by atoms with Gasteiger partial charge < -0.3 is 15.0 Å². The summed E-state index contributed by atoms with van der Waals surface area (Å²) in [4.78, 5) is 18.2. The van der Waals surface area contributed by atoms with Gasteiger partial charge in [0.25, 0.3) is 0 Å². The number of hydrogen-bond donors (Lipinski definition) is 1. The normalized spacial score (nSPS) is 18.9. The Labute approximate surface area is 142 Å². The molecule has 1 N–H and O–H groups in total. The summed E-state index contributed by atoms with van der Waals surface area (Å²) in [6, 6.07) is 12.2. The van der Waals surface area contributed by atoms with Crippen molar-refractivity contribution in [3.63, 3.8) is 0 Å². The average Bonchev–Trinajstić information content (AvgIpc) is 2.62. The Hall–Kier alpha value is -2.40. The molecule has 0 spiro atoms. The van der Waals surface area contributed by atoms with Crippen LogP contribution < -0.4 is 5.32 Å². The number of amides is 2. The molecule has 1 aliphatic heterocycles. The van der Waals surface area contributed by atoms with E-state index in [1.165, 1.54) is 0 Å². The van der Waals surface area contributed by atoms with E-state index < -0.39 is 0 Å². The zero-order valence-electron chi connectivity index (χ0n) is 14.1. The first-order chi connectivity index (χ1) is 11.6. The summed E-state index contributed by atoms with van der Waals surface area (Å²) in [5, 5.41) is 3.07. The summed E-state index contributed by atoms with van der Waals surface area (Å²) in [5.74, 6) is 0. The van der Waals surface area contributed by atoms with Crippen LogP contribution in [0.2, 0.25) is 0 Å². The van der Waals surface area contributed by atoms with Crippen molar-refractivity contribution in [2.45, 2.75) is 26.0 Å². The number of carbonyl (C=O) groups excluding carboxylic acids is 1. The molecule has 0 aliphatic carbocycles. The molecule has 1 aromatic carbocycles. The minimum atomic E-state index is -0.0397. The quantitative estimate of drug-likeness (QED) is 0.942. The maximum atomic E-state index is 12.4. The van der Waals surface area contributed by atoms with Gasteiger partial charge >= 0.3 is 6.03 Å². The standard InChI is InChI=1S/C19H23N3O2/c1-14-13-22(11-12-24-14)19(23)21-15(2)16-3-5-17(6-4-16)18-7-9-20-10-8-18/h3-10,14-15H,11-13H2,1-2H3,(H,21,23)/t14-,15+/m1/s1. The minimum absolute atomic E-state index is 0.0316. The second-order valence-electron chi connectivity index (χ2n) is 6.16. The topological polar surface area (TPSA) is 54.5 Å². The van der Waals surface area contributed by atoms with Crippen LogP contribution in [0.4, 0.5) is 4.79 Å². The third-order valence-electron chi connectivity index (χ3n) is 4.29. The van der Waals surface area contributed by atoms with Gasteiger partial charge in [-0.2, -0.15) is 0 Å². The molecule has 0 bridgehead atoms. The highest BCUT2D eigenvalue weighted by Gasteiger charge is 2.22. The summed E-state index contributed by atoms with van der Waals surface area (Å²) in [5.41, 5.74) is 3.36. The van der Waals surface area contributed by atoms with Crippen molar-refractivity contribution in [2.75, 3.05) is 19.7 Å². The van der Waals surface area contributed by atoms with Crippen LogP contribution in [0.5, 0.6) is 0 Å². The molecular weight excluding hydrogens is 302 g/mol. The predicted molar refractivity (Wildman–Crippen MR) is 93.6 cm³/mol. The fourth-order valence-corrected chi connectivity index (χ4v) is 2.87. The minimum Gasteiger partial charge on any atom is -0.375 e. The molecule has 2 atom stereocenters. The molecule has 0 saturated carbocycles. The average molecular weight is 325 g/mol. The summed E-state index contributed by atoms with van der Waals surface area (Å²) in [6.45, 7) is 5.87. The van der Waals surface area contributed by atoms with Crippen LogP contribution in [-0.2, 0) is 4.74 Å². The van der Waals surface area contributed by atoms with Crippen molar-refractivity contribution in [2.24, 2.45) is 0 Å². The number of morpholine rings is 1. The summed E-state index contributed by atoms with van der Waals surface area (Å²) >= 11 is 0. The van der Waals surface area contributed by atoms with Crippen LogP contribution in [0.3, 0.4) is 0 Å². The van der Waals surface area contributed by atoms with Gasteiger partial charge in [0.15, 0.2) is 0 Å². The monoisotopic (exact) mass is 325 g/mol. The summed E-state index contributed by atoms with van der Waals surface area (Å²) < 4.78 is 5.48. The second-order valence-corrected chi connectivity index (χ2v) is 6.16. The van der Waals surface area contributed by atoms with E-state index >= 15 is 0 Å². The molecule has 5 heteroatoms. The van der Waals surface area contributed by atoms with Crippen molar-refractivity contribution < 1.29 is 9.53 Å². The molecule has 24 heavy (non-hydrogen) atoms. The predicted octanol–water partition coefficient (Wildman–Crippen LogP) is 3.24. The molecular formula is C19H23N3O2. The highest BCUT2D eigenvalue weighted by Crippen LogP contribution is 2.21. The molecule has 0 unspecified atom stereocenters. The van der Waals surface area contributed by atoms with Gasteiger partial charge in [-0.15, -0.1) is 0 Å². The Morgan fingerprint density at radius 2 is 1.88 bits per heavy atom. The van der Waals surface area contributed by atoms with Crippen molar-refractivity contribution >= 4 is 6.03 Å². The molecule has 2 amide bonds. The Morgan fingerprint density at radius 3 is 2.54 bits per heavy atom. The number of pyridine rings is 1. The summed E-state index contributed by atoms with van der Waals surface area (Å²) in [7, 11) is 0. The number of ether oxygens (including phenoxy) is 1. The van der Waals surface area contributed by atoms with E-state index in [1.54, 1.807) is 12.4 Å². The van der Waals surface area contributed by atoms with Gasteiger partial charge in [0.05, 0.1) is 18.8 Å². The Morgan fingerprint density at radius 1 is 1.21 bits per heavy atom. The number of nitrogens with one attached hydrogen (secondary N) is 1. The van der Waals surface area contributed by atoms with Gasteiger partial charge in [-0.1, -0.05) is 24.3 Å². The first-order valence-electron chi connectivity index (χ1n) is 8.31. The van der Waals surface area contributed by atoms with E-state index in [4.69, 9.17) is 4.74 Å². The van der Waals surface area contributed by atoms with E-state index in [0.717, 1.165) is 16.7 Å². The lowest BCUT2D eigenvalue weighted by Gasteiger charge is -2.32. The highest BCUT2D eigenvalue weighted by atomic mass is 16.5. The van der Waals surface area contributed by atoms with E-state index in [0.29, 0.717) is 19.7 Å². The number of rotatable bonds is 3. The zero-order valence-corrected chi connectivity index (χ0v) is 14.1. The Balaban J connectivity index is 1.62. The number of carbonyl (C=O) groups is 1.